The van der Waals surface area contributed by atoms with E-state index in [4.69, 9.17) is 10.5 Å². The molecule has 25 heavy (non-hydrogen) atoms. The molecule has 1 aliphatic heterocycles. The number of carbonyl (C=O) groups is 2. The summed E-state index contributed by atoms with van der Waals surface area (Å²) >= 11 is 0. The predicted molar refractivity (Wildman–Crippen MR) is 96.3 cm³/mol. The molecule has 2 aliphatic rings. The summed E-state index contributed by atoms with van der Waals surface area (Å²) in [5, 5.41) is 2.96. The molecule has 0 spiro atoms. The monoisotopic (exact) mass is 353 g/mol. The van der Waals surface area contributed by atoms with Crippen molar-refractivity contribution in [2.45, 2.75) is 58.1 Å². The molecule has 8 heteroatoms. The average Bonchev–Trinajstić information content (AvgIpc) is 3.33. The van der Waals surface area contributed by atoms with Crippen LogP contribution in [0, 0.1) is 0 Å². The van der Waals surface area contributed by atoms with Gasteiger partial charge in [0.2, 0.25) is 5.91 Å². The van der Waals surface area contributed by atoms with E-state index in [1.54, 1.807) is 4.90 Å². The average molecular weight is 353 g/mol. The first kappa shape index (κ1) is 19.3. The van der Waals surface area contributed by atoms with E-state index in [-0.39, 0.29) is 12.0 Å². The molecule has 8 nitrogen and oxygen atoms in total. The van der Waals surface area contributed by atoms with E-state index in [9.17, 15) is 9.59 Å². The lowest BCUT2D eigenvalue weighted by molar-refractivity contribution is -0.121. The molecule has 0 bridgehead atoms. The maximum Gasteiger partial charge on any atom is 0.410 e. The molecule has 1 heterocycles. The lowest BCUT2D eigenvalue weighted by Gasteiger charge is -2.36. The summed E-state index contributed by atoms with van der Waals surface area (Å²) < 4.78 is 5.38. The van der Waals surface area contributed by atoms with Gasteiger partial charge < -0.3 is 25.6 Å². The lowest BCUT2D eigenvalue weighted by atomic mass is 10.2. The Bertz CT molecular complexity index is 503. The van der Waals surface area contributed by atoms with Gasteiger partial charge in [0.25, 0.3) is 0 Å². The molecule has 1 saturated carbocycles. The molecule has 3 N–H and O–H groups in total. The summed E-state index contributed by atoms with van der Waals surface area (Å²) in [5.74, 6) is 0.577. The van der Waals surface area contributed by atoms with E-state index in [1.165, 1.54) is 0 Å². The fourth-order valence-electron chi connectivity index (χ4n) is 2.51. The van der Waals surface area contributed by atoms with Crippen LogP contribution in [-0.4, -0.2) is 72.1 Å². The van der Waals surface area contributed by atoms with Crippen molar-refractivity contribution in [3.05, 3.63) is 0 Å². The van der Waals surface area contributed by atoms with Gasteiger partial charge in [0.05, 0.1) is 0 Å². The van der Waals surface area contributed by atoms with Crippen molar-refractivity contribution in [1.29, 1.82) is 0 Å². The first-order valence-electron chi connectivity index (χ1n) is 9.07. The fraction of sp³-hybridized carbons (Fsp3) is 0.824. The molecule has 0 radical (unpaired) electrons. The highest BCUT2D eigenvalue weighted by Crippen LogP contribution is 2.18. The number of aliphatic imine (C=N–C) groups is 1. The van der Waals surface area contributed by atoms with Crippen molar-refractivity contribution in [2.75, 3.05) is 32.7 Å². The van der Waals surface area contributed by atoms with E-state index in [0.29, 0.717) is 57.6 Å². The molecule has 0 aromatic heterocycles. The minimum absolute atomic E-state index is 0.0993. The third-order valence-corrected chi connectivity index (χ3v) is 4.03. The number of nitrogens with zero attached hydrogens (tertiary/aromatic N) is 3. The molecule has 142 valence electrons. The number of nitrogens with one attached hydrogen (secondary N) is 1. The Kier molecular flexibility index (Phi) is 6.50. The lowest BCUT2D eigenvalue weighted by Crippen LogP contribution is -2.53. The number of guanidine groups is 1. The Morgan fingerprint density at radius 3 is 2.32 bits per heavy atom. The third-order valence-electron chi connectivity index (χ3n) is 4.03. The fourth-order valence-corrected chi connectivity index (χ4v) is 2.51. The van der Waals surface area contributed by atoms with Crippen LogP contribution in [0.3, 0.4) is 0 Å². The van der Waals surface area contributed by atoms with Crippen molar-refractivity contribution in [2.24, 2.45) is 10.7 Å². The molecule has 0 atom stereocenters. The summed E-state index contributed by atoms with van der Waals surface area (Å²) in [4.78, 5) is 31.6. The molecular formula is C17H31N5O3. The number of nitrogens with two attached hydrogens (primary N) is 1. The van der Waals surface area contributed by atoms with Crippen LogP contribution in [0.15, 0.2) is 4.99 Å². The number of piperazine rings is 1. The number of amides is 2. The third kappa shape index (κ3) is 7.19. The number of ether oxygens (including phenoxy) is 1. The van der Waals surface area contributed by atoms with Gasteiger partial charge in [-0.15, -0.1) is 0 Å². The molecule has 2 fully saturated rings. The van der Waals surface area contributed by atoms with E-state index in [2.05, 4.69) is 10.3 Å². The number of hydrogen-bond acceptors (Lipinski definition) is 4. The molecular weight excluding hydrogens is 322 g/mol. The van der Waals surface area contributed by atoms with Gasteiger partial charge in [0, 0.05) is 45.2 Å². The van der Waals surface area contributed by atoms with Gasteiger partial charge in [-0.2, -0.15) is 0 Å². The minimum Gasteiger partial charge on any atom is -0.444 e. The van der Waals surface area contributed by atoms with Crippen LogP contribution in [0.5, 0.6) is 0 Å². The quantitative estimate of drug-likeness (QED) is 0.435. The van der Waals surface area contributed by atoms with Crippen LogP contribution in [0.2, 0.25) is 0 Å². The maximum atomic E-state index is 12.0. The summed E-state index contributed by atoms with van der Waals surface area (Å²) in [7, 11) is 0. The predicted octanol–water partition coefficient (Wildman–Crippen LogP) is 0.913. The van der Waals surface area contributed by atoms with Gasteiger partial charge in [-0.05, 0) is 40.0 Å². The molecule has 0 aromatic carbocycles. The van der Waals surface area contributed by atoms with Crippen LogP contribution in [-0.2, 0) is 9.53 Å². The Balaban J connectivity index is 1.64. The molecule has 0 unspecified atom stereocenters. The van der Waals surface area contributed by atoms with E-state index < -0.39 is 5.60 Å². The minimum atomic E-state index is -0.486. The highest BCUT2D eigenvalue weighted by Gasteiger charge is 2.26. The molecule has 1 aliphatic carbocycles. The van der Waals surface area contributed by atoms with E-state index in [0.717, 1.165) is 12.8 Å². The summed E-state index contributed by atoms with van der Waals surface area (Å²) in [6.45, 7) is 8.51. The number of hydrogen-bond donors (Lipinski definition) is 2. The number of rotatable bonds is 5. The Labute approximate surface area is 149 Å². The molecule has 1 saturated heterocycles. The van der Waals surface area contributed by atoms with Crippen LogP contribution in [0.1, 0.15) is 46.5 Å². The SMILES string of the molecule is CC(C)(C)OC(=O)N1CCN(C(N)=NCCCC(=O)NC2CC2)CC1. The van der Waals surface area contributed by atoms with Gasteiger partial charge >= 0.3 is 6.09 Å². The Hall–Kier alpha value is -1.99. The number of carbonyl (C=O) groups excluding carboxylic acids is 2. The van der Waals surface area contributed by atoms with Crippen LogP contribution < -0.4 is 11.1 Å². The Morgan fingerprint density at radius 2 is 1.76 bits per heavy atom. The highest BCUT2D eigenvalue weighted by atomic mass is 16.6. The zero-order valence-corrected chi connectivity index (χ0v) is 15.6. The standard InChI is InChI=1S/C17H31N5O3/c1-17(2,3)25-16(24)22-11-9-21(10-12-22)15(18)19-8-4-5-14(23)20-13-6-7-13/h13H,4-12H2,1-3H3,(H2,18,19)(H,20,23). The van der Waals surface area contributed by atoms with Crippen molar-refractivity contribution in [3.8, 4) is 0 Å². The highest BCUT2D eigenvalue weighted by molar-refractivity contribution is 5.79. The second-order valence-electron chi connectivity index (χ2n) is 7.64. The maximum absolute atomic E-state index is 12.0. The first-order valence-corrected chi connectivity index (χ1v) is 9.07. The molecule has 2 amide bonds. The van der Waals surface area contributed by atoms with Crippen molar-refractivity contribution >= 4 is 18.0 Å². The normalized spacial score (nSPS) is 18.9. The zero-order valence-electron chi connectivity index (χ0n) is 15.6. The summed E-state index contributed by atoms with van der Waals surface area (Å²) in [6, 6.07) is 0.405. The smallest absolute Gasteiger partial charge is 0.410 e. The van der Waals surface area contributed by atoms with Crippen LogP contribution >= 0.6 is 0 Å². The van der Waals surface area contributed by atoms with E-state index >= 15 is 0 Å². The van der Waals surface area contributed by atoms with Gasteiger partial charge in [-0.25, -0.2) is 4.79 Å². The van der Waals surface area contributed by atoms with E-state index in [1.807, 2.05) is 25.7 Å². The van der Waals surface area contributed by atoms with Gasteiger partial charge in [0.1, 0.15) is 5.60 Å². The van der Waals surface area contributed by atoms with Crippen molar-refractivity contribution in [1.82, 2.24) is 15.1 Å². The largest absolute Gasteiger partial charge is 0.444 e. The molecule has 0 aromatic rings. The summed E-state index contributed by atoms with van der Waals surface area (Å²) in [6.07, 6.45) is 3.10. The van der Waals surface area contributed by atoms with Gasteiger partial charge in [-0.3, -0.25) is 9.79 Å². The van der Waals surface area contributed by atoms with Crippen molar-refractivity contribution < 1.29 is 14.3 Å². The van der Waals surface area contributed by atoms with Crippen LogP contribution in [0.25, 0.3) is 0 Å². The van der Waals surface area contributed by atoms with Crippen molar-refractivity contribution in [3.63, 3.8) is 0 Å². The Morgan fingerprint density at radius 1 is 1.16 bits per heavy atom. The summed E-state index contributed by atoms with van der Waals surface area (Å²) in [5.41, 5.74) is 5.53. The van der Waals surface area contributed by atoms with Crippen LogP contribution in [0.4, 0.5) is 4.79 Å². The topological polar surface area (TPSA) is 100 Å². The van der Waals surface area contributed by atoms with Gasteiger partial charge in [0.15, 0.2) is 5.96 Å². The van der Waals surface area contributed by atoms with Gasteiger partial charge in [-0.1, -0.05) is 0 Å². The first-order chi connectivity index (χ1) is 11.7. The second kappa shape index (κ2) is 8.40. The zero-order chi connectivity index (χ0) is 18.4. The second-order valence-corrected chi connectivity index (χ2v) is 7.64. The molecule has 2 rings (SSSR count).